The minimum atomic E-state index is -0.341. The van der Waals surface area contributed by atoms with Crippen LogP contribution in [0.5, 0.6) is 0 Å². The Balaban J connectivity index is 1.71. The zero-order valence-corrected chi connectivity index (χ0v) is 16.9. The lowest BCUT2D eigenvalue weighted by Gasteiger charge is -2.11. The van der Waals surface area contributed by atoms with Crippen molar-refractivity contribution >= 4 is 23.1 Å². The largest absolute Gasteiger partial charge is 0.383 e. The molecule has 154 valence electrons. The summed E-state index contributed by atoms with van der Waals surface area (Å²) < 4.78 is 14.5. The van der Waals surface area contributed by atoms with E-state index in [1.54, 1.807) is 43.0 Å². The Morgan fingerprint density at radius 3 is 2.50 bits per heavy atom. The molecule has 1 aromatic carbocycles. The highest BCUT2D eigenvalue weighted by Gasteiger charge is 2.14. The molecule has 0 spiro atoms. The predicted molar refractivity (Wildman–Crippen MR) is 123 cm³/mol. The molecule has 4 aromatic heterocycles. The highest BCUT2D eigenvalue weighted by molar-refractivity contribution is 5.95. The highest BCUT2D eigenvalue weighted by Crippen LogP contribution is 2.33. The number of benzene rings is 1. The van der Waals surface area contributed by atoms with E-state index < -0.39 is 0 Å². The number of hydrogen-bond acceptors (Lipinski definition) is 5. The first-order chi connectivity index (χ1) is 15.6. The number of halogens is 1. The molecule has 0 aliphatic carbocycles. The van der Waals surface area contributed by atoms with Crippen LogP contribution in [0.4, 0.5) is 10.2 Å². The number of anilines is 1. The quantitative estimate of drug-likeness (QED) is 0.433. The molecule has 0 aliphatic rings. The van der Waals surface area contributed by atoms with Crippen molar-refractivity contribution in [2.45, 2.75) is 0 Å². The summed E-state index contributed by atoms with van der Waals surface area (Å²) in [6.07, 6.45) is 8.28. The van der Waals surface area contributed by atoms with E-state index in [4.69, 9.17) is 11.1 Å². The monoisotopic (exact) mass is 421 g/mol. The third-order valence-corrected chi connectivity index (χ3v) is 5.25. The van der Waals surface area contributed by atoms with E-state index in [0.717, 1.165) is 27.6 Å². The van der Waals surface area contributed by atoms with E-state index in [1.807, 2.05) is 30.3 Å². The smallest absolute Gasteiger partial charge is 0.171 e. The molecule has 4 N–H and O–H groups in total. The predicted octanol–water partition coefficient (Wildman–Crippen LogP) is 3.32. The van der Waals surface area contributed by atoms with Gasteiger partial charge in [0.15, 0.2) is 11.9 Å². The van der Waals surface area contributed by atoms with Crippen molar-refractivity contribution in [2.24, 2.45) is 0 Å². The van der Waals surface area contributed by atoms with Crippen LogP contribution in [0.15, 0.2) is 79.4 Å². The van der Waals surface area contributed by atoms with E-state index in [9.17, 15) is 4.39 Å². The Hall–Kier alpha value is -4.52. The molecular formula is C25H18FN6+. The molecule has 0 radical (unpaired) electrons. The fourth-order valence-electron chi connectivity index (χ4n) is 3.63. The van der Waals surface area contributed by atoms with Crippen LogP contribution >= 0.6 is 0 Å². The number of aromatic nitrogens is 4. The number of rotatable bonds is 4. The van der Waals surface area contributed by atoms with Crippen molar-refractivity contribution in [1.29, 1.82) is 0 Å². The Kier molecular flexibility index (Phi) is 4.84. The van der Waals surface area contributed by atoms with E-state index in [-0.39, 0.29) is 5.82 Å². The van der Waals surface area contributed by atoms with E-state index >= 15 is 0 Å². The first-order valence-corrected chi connectivity index (χ1v) is 9.91. The van der Waals surface area contributed by atoms with Crippen LogP contribution in [-0.4, -0.2) is 26.2 Å². The second-order valence-corrected chi connectivity index (χ2v) is 7.24. The average molecular weight is 421 g/mol. The Labute approximate surface area is 183 Å². The van der Waals surface area contributed by atoms with Gasteiger partial charge in [0, 0.05) is 52.4 Å². The highest BCUT2D eigenvalue weighted by atomic mass is 19.1. The molecule has 0 bridgehead atoms. The van der Waals surface area contributed by atoms with Crippen molar-refractivity contribution in [2.75, 3.05) is 5.73 Å². The normalized spacial score (nSPS) is 10.9. The molecule has 0 fully saturated rings. The minimum Gasteiger partial charge on any atom is -0.383 e. The molecule has 5 rings (SSSR count). The van der Waals surface area contributed by atoms with Gasteiger partial charge in [0.2, 0.25) is 0 Å². The van der Waals surface area contributed by atoms with Gasteiger partial charge < -0.3 is 5.73 Å². The first-order valence-electron chi connectivity index (χ1n) is 9.91. The number of pyridine rings is 4. The summed E-state index contributed by atoms with van der Waals surface area (Å²) in [5.74, 6) is 0.0210. The van der Waals surface area contributed by atoms with Crippen LogP contribution in [-0.2, 0) is 0 Å². The van der Waals surface area contributed by atoms with Gasteiger partial charge in [-0.15, -0.1) is 0 Å². The van der Waals surface area contributed by atoms with Crippen LogP contribution in [0.25, 0.3) is 44.5 Å². The third kappa shape index (κ3) is 3.45. The summed E-state index contributed by atoms with van der Waals surface area (Å²) in [7, 11) is 0. The number of nitrogens with zero attached hydrogens (tertiary/aromatic N) is 4. The van der Waals surface area contributed by atoms with E-state index in [0.29, 0.717) is 28.3 Å². The van der Waals surface area contributed by atoms with E-state index in [2.05, 4.69) is 19.9 Å². The second kappa shape index (κ2) is 7.96. The van der Waals surface area contributed by atoms with Crippen molar-refractivity contribution in [3.05, 3.63) is 90.8 Å². The maximum Gasteiger partial charge on any atom is 0.171 e. The van der Waals surface area contributed by atoms with Crippen molar-refractivity contribution < 1.29 is 9.80 Å². The summed E-state index contributed by atoms with van der Waals surface area (Å²) in [6, 6.07) is 16.1. The van der Waals surface area contributed by atoms with E-state index in [1.165, 1.54) is 12.3 Å². The molecule has 0 saturated carbocycles. The second-order valence-electron chi connectivity index (χ2n) is 7.24. The third-order valence-electron chi connectivity index (χ3n) is 5.25. The fourth-order valence-corrected chi connectivity index (χ4v) is 3.63. The number of nitrogen functional groups attached to an aromatic ring is 1. The zero-order valence-electron chi connectivity index (χ0n) is 16.9. The molecule has 0 amide bonds. The summed E-state index contributed by atoms with van der Waals surface area (Å²) in [5.41, 5.74) is 11.3. The molecule has 6 nitrogen and oxygen atoms in total. The maximum absolute atomic E-state index is 14.5. The average Bonchev–Trinajstić information content (AvgIpc) is 2.84. The molecule has 5 aromatic rings. The summed E-state index contributed by atoms with van der Waals surface area (Å²) in [4.78, 5) is 17.6. The van der Waals surface area contributed by atoms with Gasteiger partial charge in [0.25, 0.3) is 0 Å². The molecule has 32 heavy (non-hydrogen) atoms. The number of hydrogen-bond donors (Lipinski definition) is 2. The van der Waals surface area contributed by atoms with Crippen LogP contribution < -0.4 is 11.1 Å². The lowest BCUT2D eigenvalue weighted by molar-refractivity contribution is -0.104. The molecule has 7 heteroatoms. The fraction of sp³-hybridized carbons (Fsp3) is 0. The van der Waals surface area contributed by atoms with Crippen LogP contribution in [0.2, 0.25) is 0 Å². The minimum absolute atomic E-state index is 0.341. The topological polar surface area (TPSA) is 103 Å². The molecule has 0 aliphatic heterocycles. The van der Waals surface area contributed by atoms with Gasteiger partial charge in [-0.1, -0.05) is 12.1 Å². The van der Waals surface area contributed by atoms with Gasteiger partial charge in [-0.2, -0.15) is 0 Å². The Morgan fingerprint density at radius 2 is 1.66 bits per heavy atom. The molecule has 0 atom stereocenters. The molecular weight excluding hydrogens is 403 g/mol. The van der Waals surface area contributed by atoms with Gasteiger partial charge in [-0.25, -0.2) is 19.3 Å². The lowest BCUT2D eigenvalue weighted by atomic mass is 9.98. The number of fused-ring (bicyclic) bond motifs is 1. The Bertz CT molecular complexity index is 1480. The summed E-state index contributed by atoms with van der Waals surface area (Å²) >= 11 is 0. The molecule has 4 heterocycles. The molecule has 0 unspecified atom stereocenters. The lowest BCUT2D eigenvalue weighted by Crippen LogP contribution is -2.30. The van der Waals surface area contributed by atoms with Gasteiger partial charge in [0.1, 0.15) is 11.6 Å². The summed E-state index contributed by atoms with van der Waals surface area (Å²) in [6.45, 7) is 0. The van der Waals surface area contributed by atoms with Gasteiger partial charge in [-0.3, -0.25) is 10.4 Å². The first kappa shape index (κ1) is 19.4. The Morgan fingerprint density at radius 1 is 0.844 bits per heavy atom. The standard InChI is InChI=1S/C25H17FN6/c26-22-6-2-1-4-20(22)23-10-21(19-5-3-7-30-25(19)32-23)18-9-16(12-29-13-18)17-8-15(11-27)24(28)31-14-17/h1-14,27H,(H2,28,31)/p+1. The van der Waals surface area contributed by atoms with Crippen molar-refractivity contribution in [3.63, 3.8) is 0 Å². The van der Waals surface area contributed by atoms with Gasteiger partial charge in [0.05, 0.1) is 11.3 Å². The van der Waals surface area contributed by atoms with Crippen LogP contribution in [0, 0.1) is 5.82 Å². The SMILES string of the molecule is Nc1ncc(-c2cncc(-c3cc(-c4ccccc4F)nc4ncccc34)c2)cc1C=[NH2+]. The van der Waals surface area contributed by atoms with Gasteiger partial charge in [-0.05, 0) is 48.0 Å². The van der Waals surface area contributed by atoms with Crippen molar-refractivity contribution in [1.82, 2.24) is 19.9 Å². The summed E-state index contributed by atoms with van der Waals surface area (Å²) in [5, 5.41) is 6.51. The van der Waals surface area contributed by atoms with Gasteiger partial charge >= 0.3 is 0 Å². The number of nitrogens with two attached hydrogens (primary N) is 2. The molecule has 0 saturated heterocycles. The van der Waals surface area contributed by atoms with Crippen molar-refractivity contribution in [3.8, 4) is 33.5 Å². The van der Waals surface area contributed by atoms with Crippen LogP contribution in [0.1, 0.15) is 5.56 Å². The maximum atomic E-state index is 14.5. The zero-order chi connectivity index (χ0) is 22.1. The van der Waals surface area contributed by atoms with Crippen LogP contribution in [0.3, 0.4) is 0 Å².